The highest BCUT2D eigenvalue weighted by molar-refractivity contribution is 5.80. The molecule has 0 saturated carbocycles. The van der Waals surface area contributed by atoms with Crippen molar-refractivity contribution in [1.29, 1.82) is 0 Å². The highest BCUT2D eigenvalue weighted by Gasteiger charge is 2.24. The standard InChI is InChI=1S/C22H31N7O/c1-3-23-22(26-19-9-5-12-29-21(19)25-16(2)27-29)24-14-17-7-4-8-18(13-17)15-28-11-6-10-20(28)30/h4,7-8,13,19H,3,5-6,9-12,14-15H2,1-2H3,(H2,23,24,26). The molecule has 2 aromatic rings. The summed E-state index contributed by atoms with van der Waals surface area (Å²) in [6, 6.07) is 8.49. The summed E-state index contributed by atoms with van der Waals surface area (Å²) in [6.45, 7) is 7.85. The van der Waals surface area contributed by atoms with Gasteiger partial charge >= 0.3 is 0 Å². The molecule has 0 spiro atoms. The van der Waals surface area contributed by atoms with E-state index in [2.05, 4.69) is 45.8 Å². The van der Waals surface area contributed by atoms with Gasteiger partial charge in [-0.3, -0.25) is 4.79 Å². The Bertz CT molecular complexity index is 920. The molecule has 2 aliphatic heterocycles. The second-order valence-corrected chi connectivity index (χ2v) is 8.01. The van der Waals surface area contributed by atoms with Gasteiger partial charge in [0.1, 0.15) is 11.6 Å². The van der Waals surface area contributed by atoms with Crippen LogP contribution in [0, 0.1) is 6.92 Å². The number of amides is 1. The topological polar surface area (TPSA) is 87.4 Å². The van der Waals surface area contributed by atoms with Gasteiger partial charge in [0.2, 0.25) is 5.91 Å². The Morgan fingerprint density at radius 2 is 2.13 bits per heavy atom. The number of likely N-dealkylation sites (tertiary alicyclic amines) is 1. The van der Waals surface area contributed by atoms with Gasteiger partial charge in [-0.15, -0.1) is 0 Å². The van der Waals surface area contributed by atoms with Crippen molar-refractivity contribution in [3.05, 3.63) is 47.0 Å². The van der Waals surface area contributed by atoms with E-state index < -0.39 is 0 Å². The van der Waals surface area contributed by atoms with Gasteiger partial charge in [-0.1, -0.05) is 24.3 Å². The van der Waals surface area contributed by atoms with Crippen molar-refractivity contribution < 1.29 is 4.79 Å². The first kappa shape index (κ1) is 20.4. The summed E-state index contributed by atoms with van der Waals surface area (Å²) in [5, 5.41) is 11.4. The second-order valence-electron chi connectivity index (χ2n) is 8.01. The Labute approximate surface area is 177 Å². The Kier molecular flexibility index (Phi) is 6.30. The number of guanidine groups is 1. The summed E-state index contributed by atoms with van der Waals surface area (Å²) < 4.78 is 2.00. The summed E-state index contributed by atoms with van der Waals surface area (Å²) in [6.07, 6.45) is 3.73. The molecule has 2 aliphatic rings. The maximum absolute atomic E-state index is 11.9. The summed E-state index contributed by atoms with van der Waals surface area (Å²) >= 11 is 0. The average Bonchev–Trinajstić information content (AvgIpc) is 3.32. The van der Waals surface area contributed by atoms with Crippen molar-refractivity contribution in [2.75, 3.05) is 13.1 Å². The molecule has 1 amide bonds. The van der Waals surface area contributed by atoms with Crippen LogP contribution < -0.4 is 10.6 Å². The molecule has 1 fully saturated rings. The molecular formula is C22H31N7O. The number of hydrogen-bond donors (Lipinski definition) is 2. The van der Waals surface area contributed by atoms with Gasteiger partial charge < -0.3 is 15.5 Å². The first-order valence-corrected chi connectivity index (χ1v) is 10.9. The minimum Gasteiger partial charge on any atom is -0.357 e. The summed E-state index contributed by atoms with van der Waals surface area (Å²) in [7, 11) is 0. The highest BCUT2D eigenvalue weighted by Crippen LogP contribution is 2.23. The minimum absolute atomic E-state index is 0.116. The van der Waals surface area contributed by atoms with E-state index in [-0.39, 0.29) is 11.9 Å². The molecular weight excluding hydrogens is 378 g/mol. The summed E-state index contributed by atoms with van der Waals surface area (Å²) in [4.78, 5) is 23.3. The number of aliphatic imine (C=N–C) groups is 1. The molecule has 0 radical (unpaired) electrons. The van der Waals surface area contributed by atoms with Crippen LogP contribution in [0.1, 0.15) is 61.4 Å². The molecule has 4 rings (SSSR count). The van der Waals surface area contributed by atoms with Crippen molar-refractivity contribution in [3.63, 3.8) is 0 Å². The van der Waals surface area contributed by atoms with Crippen LogP contribution in [0.15, 0.2) is 29.3 Å². The molecule has 160 valence electrons. The van der Waals surface area contributed by atoms with E-state index in [1.807, 2.05) is 22.6 Å². The largest absolute Gasteiger partial charge is 0.357 e. The van der Waals surface area contributed by atoms with Crippen LogP contribution in [0.2, 0.25) is 0 Å². The predicted molar refractivity (Wildman–Crippen MR) is 116 cm³/mol. The molecule has 1 aromatic carbocycles. The number of aromatic nitrogens is 3. The molecule has 0 bridgehead atoms. The number of aryl methyl sites for hydroxylation is 2. The van der Waals surface area contributed by atoms with E-state index in [1.165, 1.54) is 0 Å². The van der Waals surface area contributed by atoms with Crippen molar-refractivity contribution >= 4 is 11.9 Å². The van der Waals surface area contributed by atoms with Gasteiger partial charge in [0.25, 0.3) is 0 Å². The van der Waals surface area contributed by atoms with Gasteiger partial charge in [0.15, 0.2) is 5.96 Å². The van der Waals surface area contributed by atoms with Crippen molar-refractivity contribution in [1.82, 2.24) is 30.3 Å². The van der Waals surface area contributed by atoms with Crippen LogP contribution in [0.5, 0.6) is 0 Å². The van der Waals surface area contributed by atoms with Crippen LogP contribution in [-0.2, 0) is 24.4 Å². The Morgan fingerprint density at radius 1 is 1.27 bits per heavy atom. The molecule has 0 aliphatic carbocycles. The number of rotatable bonds is 6. The Hall–Kier alpha value is -2.90. The van der Waals surface area contributed by atoms with Gasteiger partial charge in [-0.2, -0.15) is 5.10 Å². The fourth-order valence-corrected chi connectivity index (χ4v) is 4.18. The molecule has 8 heteroatoms. The zero-order valence-electron chi connectivity index (χ0n) is 17.9. The van der Waals surface area contributed by atoms with Gasteiger partial charge in [-0.05, 0) is 44.2 Å². The molecule has 8 nitrogen and oxygen atoms in total. The Balaban J connectivity index is 1.43. The molecule has 1 saturated heterocycles. The van der Waals surface area contributed by atoms with Crippen molar-refractivity contribution in [2.24, 2.45) is 4.99 Å². The molecule has 2 N–H and O–H groups in total. The number of fused-ring (bicyclic) bond motifs is 1. The lowest BCUT2D eigenvalue weighted by Gasteiger charge is -2.25. The molecule has 3 heterocycles. The highest BCUT2D eigenvalue weighted by atomic mass is 16.2. The van der Waals surface area contributed by atoms with Crippen molar-refractivity contribution in [3.8, 4) is 0 Å². The SMILES string of the molecule is CCNC(=NCc1cccc(CN2CCCC2=O)c1)NC1CCCn2nc(C)nc21. The number of carbonyl (C=O) groups is 1. The maximum atomic E-state index is 11.9. The van der Waals surface area contributed by atoms with Crippen LogP contribution in [0.4, 0.5) is 0 Å². The number of nitrogens with one attached hydrogen (secondary N) is 2. The van der Waals surface area contributed by atoms with E-state index in [1.54, 1.807) is 0 Å². The third kappa shape index (κ3) is 4.80. The monoisotopic (exact) mass is 409 g/mol. The lowest BCUT2D eigenvalue weighted by molar-refractivity contribution is -0.128. The predicted octanol–water partition coefficient (Wildman–Crippen LogP) is 2.30. The van der Waals surface area contributed by atoms with Crippen LogP contribution >= 0.6 is 0 Å². The lowest BCUT2D eigenvalue weighted by atomic mass is 10.1. The molecule has 1 atom stereocenters. The van der Waals surface area contributed by atoms with E-state index in [0.29, 0.717) is 19.5 Å². The fourth-order valence-electron chi connectivity index (χ4n) is 4.18. The Morgan fingerprint density at radius 3 is 2.93 bits per heavy atom. The smallest absolute Gasteiger partial charge is 0.222 e. The molecule has 1 unspecified atom stereocenters. The first-order chi connectivity index (χ1) is 14.6. The van der Waals surface area contributed by atoms with E-state index in [4.69, 9.17) is 4.99 Å². The normalized spacial score (nSPS) is 19.1. The molecule has 30 heavy (non-hydrogen) atoms. The maximum Gasteiger partial charge on any atom is 0.222 e. The van der Waals surface area contributed by atoms with E-state index in [0.717, 1.165) is 67.6 Å². The average molecular weight is 410 g/mol. The van der Waals surface area contributed by atoms with Crippen LogP contribution in [0.25, 0.3) is 0 Å². The summed E-state index contributed by atoms with van der Waals surface area (Å²) in [5.41, 5.74) is 2.30. The quantitative estimate of drug-likeness (QED) is 0.565. The van der Waals surface area contributed by atoms with Gasteiger partial charge in [0, 0.05) is 32.6 Å². The first-order valence-electron chi connectivity index (χ1n) is 10.9. The van der Waals surface area contributed by atoms with Gasteiger partial charge in [-0.25, -0.2) is 14.7 Å². The third-order valence-corrected chi connectivity index (χ3v) is 5.59. The number of nitrogens with zero attached hydrogens (tertiary/aromatic N) is 5. The summed E-state index contributed by atoms with van der Waals surface area (Å²) in [5.74, 6) is 2.85. The number of benzene rings is 1. The number of carbonyl (C=O) groups excluding carboxylic acids is 1. The van der Waals surface area contributed by atoms with Crippen LogP contribution in [0.3, 0.4) is 0 Å². The lowest BCUT2D eigenvalue weighted by Crippen LogP contribution is -2.41. The number of hydrogen-bond acceptors (Lipinski definition) is 4. The zero-order chi connectivity index (χ0) is 20.9. The van der Waals surface area contributed by atoms with E-state index in [9.17, 15) is 4.79 Å². The third-order valence-electron chi connectivity index (χ3n) is 5.59. The van der Waals surface area contributed by atoms with Crippen molar-refractivity contribution in [2.45, 2.75) is 65.2 Å². The fraction of sp³-hybridized carbons (Fsp3) is 0.545. The minimum atomic E-state index is 0.116. The van der Waals surface area contributed by atoms with E-state index >= 15 is 0 Å². The zero-order valence-corrected chi connectivity index (χ0v) is 17.9. The second kappa shape index (κ2) is 9.28. The van der Waals surface area contributed by atoms with Gasteiger partial charge in [0.05, 0.1) is 12.6 Å². The molecule has 1 aromatic heterocycles. The van der Waals surface area contributed by atoms with Crippen LogP contribution in [-0.4, -0.2) is 44.6 Å².